The van der Waals surface area contributed by atoms with Gasteiger partial charge in [-0.2, -0.15) is 0 Å². The minimum Gasteiger partial charge on any atom is -0.507 e. The molecule has 8 heteroatoms. The number of benzene rings is 1. The predicted octanol–water partition coefficient (Wildman–Crippen LogP) is 1.43. The van der Waals surface area contributed by atoms with Gasteiger partial charge >= 0.3 is 5.97 Å². The van der Waals surface area contributed by atoms with Gasteiger partial charge in [-0.25, -0.2) is 0 Å². The molecular weight excluding hydrogens is 346 g/mol. The van der Waals surface area contributed by atoms with Gasteiger partial charge in [-0.3, -0.25) is 14.7 Å². The standard InChI is InChI=1S/C16H21N3O3S2/c17-6-3-7-19-12(16(21)22)9-24-15(19)11-8-23-14(18-11)10-4-1-2-5-13(10)20/h1-2,4-5,11-12,15,20H,3,6-9,17H2,(H,21,22)/t11-,12+,15-/m1/s1. The van der Waals surface area contributed by atoms with Crippen molar-refractivity contribution in [1.82, 2.24) is 4.90 Å². The lowest BCUT2D eigenvalue weighted by atomic mass is 10.2. The fraction of sp³-hybridized carbons (Fsp3) is 0.500. The number of aliphatic imine (C=N–C) groups is 1. The van der Waals surface area contributed by atoms with Crippen molar-refractivity contribution in [2.75, 3.05) is 24.6 Å². The average molecular weight is 367 g/mol. The molecule has 0 saturated carbocycles. The molecule has 0 unspecified atom stereocenters. The molecular formula is C16H21N3O3S2. The number of aromatic hydroxyl groups is 1. The van der Waals surface area contributed by atoms with Crippen molar-refractivity contribution in [3.63, 3.8) is 0 Å². The number of thioether (sulfide) groups is 2. The lowest BCUT2D eigenvalue weighted by Gasteiger charge is -2.29. The fourth-order valence-corrected chi connectivity index (χ4v) is 5.78. The Hall–Kier alpha value is -1.22. The second-order valence-corrected chi connectivity index (χ2v) is 7.95. The first-order chi connectivity index (χ1) is 11.6. The molecule has 3 atom stereocenters. The highest BCUT2D eigenvalue weighted by Gasteiger charge is 2.43. The number of hydrogen-bond acceptors (Lipinski definition) is 7. The quantitative estimate of drug-likeness (QED) is 0.699. The summed E-state index contributed by atoms with van der Waals surface area (Å²) in [5.74, 6) is 0.824. The summed E-state index contributed by atoms with van der Waals surface area (Å²) in [6.07, 6.45) is 0.775. The molecule has 130 valence electrons. The molecule has 3 rings (SSSR count). The number of nitrogens with zero attached hydrogens (tertiary/aromatic N) is 2. The average Bonchev–Trinajstić information content (AvgIpc) is 3.19. The molecule has 0 amide bonds. The van der Waals surface area contributed by atoms with E-state index < -0.39 is 12.0 Å². The van der Waals surface area contributed by atoms with E-state index in [0.717, 1.165) is 22.8 Å². The number of carboxylic acid groups (broad SMARTS) is 1. The third-order valence-electron chi connectivity index (χ3n) is 4.20. The van der Waals surface area contributed by atoms with E-state index in [1.165, 1.54) is 0 Å². The molecule has 0 aromatic heterocycles. The third-order valence-corrected chi connectivity index (χ3v) is 6.74. The number of carboxylic acids is 1. The molecule has 6 nitrogen and oxygen atoms in total. The summed E-state index contributed by atoms with van der Waals surface area (Å²) in [6.45, 7) is 1.22. The minimum absolute atomic E-state index is 0.0248. The maximum atomic E-state index is 11.5. The normalized spacial score (nSPS) is 27.4. The zero-order valence-electron chi connectivity index (χ0n) is 13.2. The molecule has 2 aliphatic heterocycles. The highest BCUT2D eigenvalue weighted by Crippen LogP contribution is 2.38. The Morgan fingerprint density at radius 2 is 2.17 bits per heavy atom. The topological polar surface area (TPSA) is 99.1 Å². The molecule has 2 aliphatic rings. The van der Waals surface area contributed by atoms with Crippen molar-refractivity contribution in [1.29, 1.82) is 0 Å². The summed E-state index contributed by atoms with van der Waals surface area (Å²) in [6, 6.07) is 6.73. The zero-order chi connectivity index (χ0) is 17.1. The van der Waals surface area contributed by atoms with Gasteiger partial charge in [0, 0.05) is 23.6 Å². The molecule has 1 aromatic carbocycles. The molecule has 24 heavy (non-hydrogen) atoms. The minimum atomic E-state index is -0.780. The SMILES string of the molecule is NCCCN1[C@@H]([C@H]2CSC(c3ccccc3O)=N2)SC[C@H]1C(=O)O. The van der Waals surface area contributed by atoms with E-state index in [1.807, 2.05) is 17.0 Å². The van der Waals surface area contributed by atoms with Gasteiger partial charge in [0.25, 0.3) is 0 Å². The molecule has 2 heterocycles. The molecule has 1 fully saturated rings. The molecule has 0 aliphatic carbocycles. The lowest BCUT2D eigenvalue weighted by Crippen LogP contribution is -2.46. The molecule has 4 N–H and O–H groups in total. The largest absolute Gasteiger partial charge is 0.507 e. The van der Waals surface area contributed by atoms with Crippen molar-refractivity contribution < 1.29 is 15.0 Å². The number of phenols is 1. The van der Waals surface area contributed by atoms with E-state index >= 15 is 0 Å². The number of phenolic OH excluding ortho intramolecular Hbond substituents is 1. The van der Waals surface area contributed by atoms with E-state index in [2.05, 4.69) is 0 Å². The van der Waals surface area contributed by atoms with E-state index in [-0.39, 0.29) is 17.2 Å². The smallest absolute Gasteiger partial charge is 0.321 e. The van der Waals surface area contributed by atoms with Gasteiger partial charge in [-0.1, -0.05) is 12.1 Å². The fourth-order valence-electron chi connectivity index (χ4n) is 3.00. The number of para-hydroxylation sites is 1. The first-order valence-electron chi connectivity index (χ1n) is 7.91. The van der Waals surface area contributed by atoms with Crippen molar-refractivity contribution in [3.8, 4) is 5.75 Å². The Morgan fingerprint density at radius 1 is 1.38 bits per heavy atom. The second kappa shape index (κ2) is 7.77. The number of nitrogens with two attached hydrogens (primary N) is 1. The highest BCUT2D eigenvalue weighted by atomic mass is 32.2. The van der Waals surface area contributed by atoms with Gasteiger partial charge in [0.2, 0.25) is 0 Å². The van der Waals surface area contributed by atoms with E-state index in [9.17, 15) is 15.0 Å². The summed E-state index contributed by atoms with van der Waals surface area (Å²) in [4.78, 5) is 18.3. The first-order valence-corrected chi connectivity index (χ1v) is 9.94. The summed E-state index contributed by atoms with van der Waals surface area (Å²) in [5.41, 5.74) is 6.35. The Balaban J connectivity index is 1.78. The second-order valence-electron chi connectivity index (χ2n) is 5.79. The van der Waals surface area contributed by atoms with E-state index in [0.29, 0.717) is 18.8 Å². The number of carbonyl (C=O) groups is 1. The van der Waals surface area contributed by atoms with Crippen molar-refractivity contribution in [2.24, 2.45) is 10.7 Å². The lowest BCUT2D eigenvalue weighted by molar-refractivity contribution is -0.142. The van der Waals surface area contributed by atoms with Gasteiger partial charge in [0.05, 0.1) is 11.4 Å². The molecule has 0 radical (unpaired) electrons. The number of hydrogen-bond donors (Lipinski definition) is 3. The molecule has 0 bridgehead atoms. The molecule has 1 aromatic rings. The Morgan fingerprint density at radius 3 is 2.88 bits per heavy atom. The van der Waals surface area contributed by atoms with E-state index in [4.69, 9.17) is 10.7 Å². The van der Waals surface area contributed by atoms with E-state index in [1.54, 1.807) is 35.7 Å². The monoisotopic (exact) mass is 367 g/mol. The van der Waals surface area contributed by atoms with Gasteiger partial charge in [-0.15, -0.1) is 23.5 Å². The van der Waals surface area contributed by atoms with Gasteiger partial charge in [0.1, 0.15) is 16.8 Å². The molecule has 0 spiro atoms. The highest BCUT2D eigenvalue weighted by molar-refractivity contribution is 8.14. The van der Waals surface area contributed by atoms with Gasteiger partial charge in [-0.05, 0) is 25.1 Å². The van der Waals surface area contributed by atoms with Crippen LogP contribution in [0.25, 0.3) is 0 Å². The van der Waals surface area contributed by atoms with Crippen LogP contribution in [0.1, 0.15) is 12.0 Å². The molecule has 1 saturated heterocycles. The van der Waals surface area contributed by atoms with Crippen molar-refractivity contribution in [3.05, 3.63) is 29.8 Å². The van der Waals surface area contributed by atoms with Crippen LogP contribution in [0.2, 0.25) is 0 Å². The van der Waals surface area contributed by atoms with Gasteiger partial charge < -0.3 is 15.9 Å². The van der Waals surface area contributed by atoms with Crippen LogP contribution in [0.5, 0.6) is 5.75 Å². The Labute approximate surface area is 149 Å². The maximum Gasteiger partial charge on any atom is 0.321 e. The van der Waals surface area contributed by atoms with Crippen LogP contribution >= 0.6 is 23.5 Å². The summed E-state index contributed by atoms with van der Waals surface area (Å²) in [7, 11) is 0. The summed E-state index contributed by atoms with van der Waals surface area (Å²) < 4.78 is 0. The van der Waals surface area contributed by atoms with Crippen LogP contribution < -0.4 is 5.73 Å². The maximum absolute atomic E-state index is 11.5. The van der Waals surface area contributed by atoms with Gasteiger partial charge in [0.15, 0.2) is 0 Å². The van der Waals surface area contributed by atoms with Crippen LogP contribution in [0.4, 0.5) is 0 Å². The summed E-state index contributed by atoms with van der Waals surface area (Å²) >= 11 is 3.28. The van der Waals surface area contributed by atoms with Crippen LogP contribution in [0, 0.1) is 0 Å². The van der Waals surface area contributed by atoms with Crippen LogP contribution in [0.3, 0.4) is 0 Å². The first kappa shape index (κ1) is 17.6. The van der Waals surface area contributed by atoms with Crippen molar-refractivity contribution in [2.45, 2.75) is 23.9 Å². The Bertz CT molecular complexity index is 641. The van der Waals surface area contributed by atoms with Crippen LogP contribution in [-0.2, 0) is 4.79 Å². The predicted molar refractivity (Wildman–Crippen MR) is 98.9 cm³/mol. The zero-order valence-corrected chi connectivity index (χ0v) is 14.8. The van der Waals surface area contributed by atoms with Crippen LogP contribution in [0.15, 0.2) is 29.3 Å². The number of aliphatic carboxylic acids is 1. The third kappa shape index (κ3) is 3.56. The van der Waals surface area contributed by atoms with Crippen molar-refractivity contribution >= 4 is 34.5 Å². The Kier molecular flexibility index (Phi) is 5.70. The van der Waals surface area contributed by atoms with Crippen LogP contribution in [-0.4, -0.2) is 68.2 Å². The summed E-state index contributed by atoms with van der Waals surface area (Å²) in [5, 5.41) is 20.3. The number of rotatable bonds is 6.